The van der Waals surface area contributed by atoms with Crippen molar-refractivity contribution in [1.82, 2.24) is 0 Å². The highest BCUT2D eigenvalue weighted by atomic mass is 16.4. The van der Waals surface area contributed by atoms with E-state index < -0.39 is 5.97 Å². The molecule has 0 radical (unpaired) electrons. The number of aliphatic carboxylic acids is 1. The molecule has 5 aromatic rings. The molecule has 0 aliphatic carbocycles. The molecule has 4 heteroatoms. The first kappa shape index (κ1) is 20.1. The lowest BCUT2D eigenvalue weighted by Crippen LogP contribution is -2.06. The van der Waals surface area contributed by atoms with Gasteiger partial charge in [0.2, 0.25) is 0 Å². The number of carboxylic acids is 1. The third-order valence-corrected chi connectivity index (χ3v) is 5.94. The predicted molar refractivity (Wildman–Crippen MR) is 124 cm³/mol. The Bertz CT molecular complexity index is 1410. The van der Waals surface area contributed by atoms with E-state index in [2.05, 4.69) is 24.3 Å². The summed E-state index contributed by atoms with van der Waals surface area (Å²) in [4.78, 5) is 9.93. The van der Waals surface area contributed by atoms with Crippen LogP contribution in [0.2, 0.25) is 0 Å². The minimum Gasteiger partial charge on any atom is -0.481 e. The summed E-state index contributed by atoms with van der Waals surface area (Å²) in [7, 11) is 0. The van der Waals surface area contributed by atoms with Gasteiger partial charge in [0.05, 0.1) is 29.2 Å². The number of carbonyl (C=O) groups is 1. The van der Waals surface area contributed by atoms with Crippen LogP contribution in [-0.4, -0.2) is 11.1 Å². The van der Waals surface area contributed by atoms with Crippen LogP contribution in [0, 0.1) is 28.6 Å². The average Bonchev–Trinajstić information content (AvgIpc) is 2.81. The van der Waals surface area contributed by atoms with Crippen molar-refractivity contribution < 1.29 is 9.90 Å². The van der Waals surface area contributed by atoms with Gasteiger partial charge in [-0.25, -0.2) is 0 Å². The molecule has 0 aliphatic heterocycles. The van der Waals surface area contributed by atoms with Crippen LogP contribution in [-0.2, 0) is 4.79 Å². The van der Waals surface area contributed by atoms with Crippen molar-refractivity contribution in [2.24, 2.45) is 5.92 Å². The Morgan fingerprint density at radius 1 is 0.774 bits per heavy atom. The second-order valence-electron chi connectivity index (χ2n) is 7.65. The van der Waals surface area contributed by atoms with Crippen molar-refractivity contribution in [2.75, 3.05) is 0 Å². The predicted octanol–water partition coefficient (Wildman–Crippen LogP) is 6.60. The first-order chi connectivity index (χ1) is 15.0. The number of benzene rings is 5. The summed E-state index contributed by atoms with van der Waals surface area (Å²) in [5.41, 5.74) is 1.39. The maximum absolute atomic E-state index is 9.93. The van der Waals surface area contributed by atoms with Gasteiger partial charge in [-0.15, -0.1) is 0 Å². The van der Waals surface area contributed by atoms with Gasteiger partial charge < -0.3 is 5.11 Å². The molecule has 0 saturated heterocycles. The second-order valence-corrected chi connectivity index (χ2v) is 7.65. The number of carboxylic acid groups (broad SMARTS) is 1. The molecule has 150 valence electrons. The summed E-state index contributed by atoms with van der Waals surface area (Å²) in [6.07, 6.45) is 0.718. The zero-order valence-corrected chi connectivity index (χ0v) is 17.3. The van der Waals surface area contributed by atoms with Gasteiger partial charge in [0.1, 0.15) is 0 Å². The fourth-order valence-corrected chi connectivity index (χ4v) is 4.08. The molecule has 0 spiro atoms. The highest BCUT2D eigenvalue weighted by molar-refractivity contribution is 6.33. The van der Waals surface area contributed by atoms with Gasteiger partial charge >= 0.3 is 5.97 Å². The van der Waals surface area contributed by atoms with Gasteiger partial charge in [-0.2, -0.15) is 10.5 Å². The molecule has 5 rings (SSSR count). The van der Waals surface area contributed by atoms with E-state index in [1.807, 2.05) is 55.5 Å². The van der Waals surface area contributed by atoms with Crippen LogP contribution < -0.4 is 0 Å². The first-order valence-corrected chi connectivity index (χ1v) is 10.2. The van der Waals surface area contributed by atoms with Gasteiger partial charge in [-0.05, 0) is 50.9 Å². The molecule has 1 unspecified atom stereocenters. The quantitative estimate of drug-likeness (QED) is 0.265. The third kappa shape index (κ3) is 3.19. The molecule has 0 saturated carbocycles. The van der Waals surface area contributed by atoms with Crippen molar-refractivity contribution in [2.45, 2.75) is 20.3 Å². The largest absolute Gasteiger partial charge is 0.481 e. The number of fused-ring (bicyclic) bond motifs is 2. The monoisotopic (exact) mass is 404 g/mol. The Hall–Kier alpha value is -4.15. The second kappa shape index (κ2) is 7.94. The van der Waals surface area contributed by atoms with Crippen molar-refractivity contribution in [3.8, 4) is 12.1 Å². The van der Waals surface area contributed by atoms with Crippen LogP contribution in [0.15, 0.2) is 60.7 Å². The van der Waals surface area contributed by atoms with Gasteiger partial charge in [-0.1, -0.05) is 62.4 Å². The number of hydrogen-bond donors (Lipinski definition) is 1. The van der Waals surface area contributed by atoms with E-state index in [-0.39, 0.29) is 5.92 Å². The van der Waals surface area contributed by atoms with E-state index in [1.54, 1.807) is 6.92 Å². The minimum absolute atomic E-state index is 0.181. The molecular formula is C27H20N2O2. The molecule has 4 nitrogen and oxygen atoms in total. The van der Waals surface area contributed by atoms with Crippen molar-refractivity contribution in [1.29, 1.82) is 10.5 Å². The summed E-state index contributed by atoms with van der Waals surface area (Å²) < 4.78 is 0. The lowest BCUT2D eigenvalue weighted by molar-refractivity contribution is -0.141. The van der Waals surface area contributed by atoms with E-state index in [4.69, 9.17) is 5.11 Å². The fourth-order valence-electron chi connectivity index (χ4n) is 4.08. The molecule has 31 heavy (non-hydrogen) atoms. The van der Waals surface area contributed by atoms with E-state index in [9.17, 15) is 15.3 Å². The molecule has 0 bridgehead atoms. The highest BCUT2D eigenvalue weighted by Crippen LogP contribution is 2.41. The number of nitrogens with zero attached hydrogens (tertiary/aromatic N) is 2. The average molecular weight is 404 g/mol. The summed E-state index contributed by atoms with van der Waals surface area (Å²) in [6.45, 7) is 3.56. The lowest BCUT2D eigenvalue weighted by atomic mass is 9.87. The summed E-state index contributed by atoms with van der Waals surface area (Å²) in [5.74, 6) is -0.887. The molecule has 0 aromatic heterocycles. The molecular weight excluding hydrogens is 384 g/mol. The van der Waals surface area contributed by atoms with Crippen LogP contribution in [0.5, 0.6) is 0 Å². The van der Waals surface area contributed by atoms with Crippen molar-refractivity contribution in [3.63, 3.8) is 0 Å². The van der Waals surface area contributed by atoms with Gasteiger partial charge in [0, 0.05) is 10.8 Å². The SMILES string of the molecule is CCC(C)C(=O)O.N#Cc1ccc2c3ccc(C#N)c4cccc(c5cccc1c52)c43. The Balaban J connectivity index is 0.000000289. The van der Waals surface area contributed by atoms with Crippen LogP contribution in [0.3, 0.4) is 0 Å². The number of rotatable bonds is 2. The smallest absolute Gasteiger partial charge is 0.306 e. The van der Waals surface area contributed by atoms with Crippen molar-refractivity contribution in [3.05, 3.63) is 71.8 Å². The molecule has 1 N–H and O–H groups in total. The maximum atomic E-state index is 9.93. The third-order valence-electron chi connectivity index (χ3n) is 5.94. The van der Waals surface area contributed by atoms with E-state index in [0.717, 1.165) is 49.5 Å². The van der Waals surface area contributed by atoms with Gasteiger partial charge in [0.15, 0.2) is 0 Å². The highest BCUT2D eigenvalue weighted by Gasteiger charge is 2.15. The van der Waals surface area contributed by atoms with Crippen LogP contribution >= 0.6 is 0 Å². The normalized spacial score (nSPS) is 11.7. The summed E-state index contributed by atoms with van der Waals surface area (Å²) >= 11 is 0. The van der Waals surface area contributed by atoms with E-state index in [0.29, 0.717) is 11.1 Å². The standard InChI is InChI=1S/C22H10N2.C5H10O2/c23-11-13-7-9-19-20-10-8-14(12-24)16-4-2-6-18(22(16)20)17-5-1-3-15(13)21(17)19;1-3-4(2)5(6)7/h1-10H;4H,3H2,1-2H3,(H,6,7). The molecule has 5 aromatic carbocycles. The fraction of sp³-hybridized carbons (Fsp3) is 0.148. The maximum Gasteiger partial charge on any atom is 0.306 e. The Morgan fingerprint density at radius 3 is 1.48 bits per heavy atom. The summed E-state index contributed by atoms with van der Waals surface area (Å²) in [5, 5.41) is 35.8. The molecule has 0 heterocycles. The first-order valence-electron chi connectivity index (χ1n) is 10.2. The zero-order valence-electron chi connectivity index (χ0n) is 17.3. The number of nitriles is 2. The van der Waals surface area contributed by atoms with E-state index in [1.165, 1.54) is 0 Å². The Labute approximate surface area is 179 Å². The topological polar surface area (TPSA) is 84.9 Å². The van der Waals surface area contributed by atoms with E-state index >= 15 is 0 Å². The minimum atomic E-state index is -0.706. The van der Waals surface area contributed by atoms with Crippen LogP contribution in [0.1, 0.15) is 31.4 Å². The van der Waals surface area contributed by atoms with Crippen LogP contribution in [0.4, 0.5) is 0 Å². The van der Waals surface area contributed by atoms with Crippen molar-refractivity contribution >= 4 is 49.1 Å². The molecule has 0 amide bonds. The Kier molecular flexibility index (Phi) is 5.15. The lowest BCUT2D eigenvalue weighted by Gasteiger charge is -2.15. The van der Waals surface area contributed by atoms with Gasteiger partial charge in [0.25, 0.3) is 0 Å². The van der Waals surface area contributed by atoms with Gasteiger partial charge in [-0.3, -0.25) is 4.79 Å². The number of hydrogen-bond acceptors (Lipinski definition) is 3. The molecule has 1 atom stereocenters. The zero-order chi connectivity index (χ0) is 22.1. The van der Waals surface area contributed by atoms with Crippen LogP contribution in [0.25, 0.3) is 43.1 Å². The molecule has 0 aliphatic rings. The Morgan fingerprint density at radius 2 is 1.16 bits per heavy atom. The molecule has 0 fully saturated rings. The summed E-state index contributed by atoms with van der Waals surface area (Å²) in [6, 6.07) is 24.6.